The SMILES string of the molecule is O[P+](O)(O)C1CCCCC1. The second-order valence-electron chi connectivity index (χ2n) is 2.91. The van der Waals surface area contributed by atoms with E-state index in [1.807, 2.05) is 0 Å². The third-order valence-electron chi connectivity index (χ3n) is 2.06. The van der Waals surface area contributed by atoms with Crippen molar-refractivity contribution in [1.82, 2.24) is 0 Å². The molecule has 0 saturated heterocycles. The van der Waals surface area contributed by atoms with Crippen molar-refractivity contribution in [2.75, 3.05) is 0 Å². The quantitative estimate of drug-likeness (QED) is 0.509. The predicted molar refractivity (Wildman–Crippen MR) is 40.4 cm³/mol. The average molecular weight is 165 g/mol. The molecule has 1 rings (SSSR count). The van der Waals surface area contributed by atoms with Crippen molar-refractivity contribution >= 4 is 7.94 Å². The average Bonchev–Trinajstić information content (AvgIpc) is 1.88. The molecule has 0 radical (unpaired) electrons. The monoisotopic (exact) mass is 165 g/mol. The van der Waals surface area contributed by atoms with Crippen molar-refractivity contribution in [2.45, 2.75) is 37.8 Å². The van der Waals surface area contributed by atoms with Crippen molar-refractivity contribution in [3.05, 3.63) is 0 Å². The lowest BCUT2D eigenvalue weighted by atomic mass is 10.0. The Labute approximate surface area is 61.3 Å². The lowest BCUT2D eigenvalue weighted by molar-refractivity contribution is 0.297. The van der Waals surface area contributed by atoms with E-state index in [1.165, 1.54) is 0 Å². The highest BCUT2D eigenvalue weighted by Crippen LogP contribution is 2.55. The summed E-state index contributed by atoms with van der Waals surface area (Å²) < 4.78 is 0. The van der Waals surface area contributed by atoms with Gasteiger partial charge in [0.15, 0.2) is 5.66 Å². The Morgan fingerprint density at radius 3 is 1.70 bits per heavy atom. The van der Waals surface area contributed by atoms with Crippen LogP contribution < -0.4 is 0 Å². The first-order chi connectivity index (χ1) is 4.61. The zero-order valence-electron chi connectivity index (χ0n) is 5.90. The summed E-state index contributed by atoms with van der Waals surface area (Å²) in [5.74, 6) is 0. The Kier molecular flexibility index (Phi) is 2.64. The summed E-state index contributed by atoms with van der Waals surface area (Å²) in [6.07, 6.45) is 4.76. The molecular formula is C6H14O3P+. The lowest BCUT2D eigenvalue weighted by Crippen LogP contribution is -2.16. The molecule has 0 aromatic heterocycles. The molecule has 0 heterocycles. The predicted octanol–water partition coefficient (Wildman–Crippen LogP) is 1.06. The van der Waals surface area contributed by atoms with Crippen LogP contribution in [0, 0.1) is 0 Å². The van der Waals surface area contributed by atoms with Gasteiger partial charge >= 0.3 is 7.94 Å². The van der Waals surface area contributed by atoms with Gasteiger partial charge < -0.3 is 0 Å². The van der Waals surface area contributed by atoms with E-state index in [0.717, 1.165) is 32.1 Å². The van der Waals surface area contributed by atoms with Crippen molar-refractivity contribution in [3.63, 3.8) is 0 Å². The Balaban J connectivity index is 2.39. The highest BCUT2D eigenvalue weighted by atomic mass is 31.2. The third kappa shape index (κ3) is 2.17. The molecule has 0 aliphatic heterocycles. The maximum atomic E-state index is 8.86. The summed E-state index contributed by atoms with van der Waals surface area (Å²) in [5.41, 5.74) is -0.221. The molecule has 0 aromatic rings. The second kappa shape index (κ2) is 3.14. The van der Waals surface area contributed by atoms with Gasteiger partial charge in [0.1, 0.15) is 0 Å². The number of rotatable bonds is 1. The van der Waals surface area contributed by atoms with Crippen LogP contribution in [0.1, 0.15) is 32.1 Å². The smallest absolute Gasteiger partial charge is 0.193 e. The summed E-state index contributed by atoms with van der Waals surface area (Å²) in [4.78, 5) is 26.6. The van der Waals surface area contributed by atoms with Crippen LogP contribution in [0.3, 0.4) is 0 Å². The summed E-state index contributed by atoms with van der Waals surface area (Å²) in [6, 6.07) is 0. The topological polar surface area (TPSA) is 60.7 Å². The second-order valence-corrected chi connectivity index (χ2v) is 4.87. The van der Waals surface area contributed by atoms with E-state index in [9.17, 15) is 0 Å². The van der Waals surface area contributed by atoms with Crippen LogP contribution in [0.25, 0.3) is 0 Å². The van der Waals surface area contributed by atoms with Crippen LogP contribution in [0.4, 0.5) is 0 Å². The van der Waals surface area contributed by atoms with Crippen LogP contribution in [-0.4, -0.2) is 20.3 Å². The molecule has 1 fully saturated rings. The molecule has 60 valence electrons. The molecule has 1 saturated carbocycles. The van der Waals surface area contributed by atoms with Gasteiger partial charge in [-0.1, -0.05) is 6.42 Å². The van der Waals surface area contributed by atoms with E-state index in [4.69, 9.17) is 14.7 Å². The molecule has 0 bridgehead atoms. The molecule has 3 nitrogen and oxygen atoms in total. The maximum Gasteiger partial charge on any atom is 0.406 e. The summed E-state index contributed by atoms with van der Waals surface area (Å²) >= 11 is 0. The van der Waals surface area contributed by atoms with Crippen molar-refractivity contribution < 1.29 is 14.7 Å². The molecule has 1 aliphatic rings. The van der Waals surface area contributed by atoms with Crippen LogP contribution in [0.5, 0.6) is 0 Å². The molecule has 10 heavy (non-hydrogen) atoms. The molecular weight excluding hydrogens is 151 g/mol. The van der Waals surface area contributed by atoms with Gasteiger partial charge in [-0.25, -0.2) is 0 Å². The number of hydrogen-bond acceptors (Lipinski definition) is 3. The summed E-state index contributed by atoms with van der Waals surface area (Å²) in [5, 5.41) is 0. The highest BCUT2D eigenvalue weighted by molar-refractivity contribution is 7.59. The van der Waals surface area contributed by atoms with E-state index in [2.05, 4.69) is 0 Å². The minimum absolute atomic E-state index is 0.221. The van der Waals surface area contributed by atoms with Gasteiger partial charge in [0, 0.05) is 0 Å². The summed E-state index contributed by atoms with van der Waals surface area (Å²) in [7, 11) is -3.49. The molecule has 0 spiro atoms. The largest absolute Gasteiger partial charge is 0.406 e. The highest BCUT2D eigenvalue weighted by Gasteiger charge is 2.42. The first-order valence-electron chi connectivity index (χ1n) is 3.67. The normalized spacial score (nSPS) is 23.1. The Bertz CT molecular complexity index is 104. The van der Waals surface area contributed by atoms with Crippen molar-refractivity contribution in [1.29, 1.82) is 0 Å². The Hall–Kier alpha value is 0.310. The molecule has 0 amide bonds. The summed E-state index contributed by atoms with van der Waals surface area (Å²) in [6.45, 7) is 0. The van der Waals surface area contributed by atoms with E-state index in [1.54, 1.807) is 0 Å². The zero-order valence-corrected chi connectivity index (χ0v) is 6.80. The van der Waals surface area contributed by atoms with Crippen LogP contribution >= 0.6 is 7.94 Å². The maximum absolute atomic E-state index is 8.86. The van der Waals surface area contributed by atoms with E-state index in [0.29, 0.717) is 0 Å². The fourth-order valence-electron chi connectivity index (χ4n) is 1.43. The number of hydrogen-bond donors (Lipinski definition) is 3. The minimum atomic E-state index is -3.49. The molecule has 3 N–H and O–H groups in total. The fourth-order valence-corrected chi connectivity index (χ4v) is 2.49. The zero-order chi connectivity index (χ0) is 7.61. The van der Waals surface area contributed by atoms with Gasteiger partial charge in [-0.3, -0.25) is 0 Å². The van der Waals surface area contributed by atoms with Crippen LogP contribution in [-0.2, 0) is 0 Å². The van der Waals surface area contributed by atoms with Gasteiger partial charge in [-0.05, 0) is 25.7 Å². The standard InChI is InChI=1S/C6H14O3P/c7-10(8,9)6-4-2-1-3-5-6/h6-9H,1-5H2/q+1. The van der Waals surface area contributed by atoms with Crippen molar-refractivity contribution in [2.24, 2.45) is 0 Å². The molecule has 1 aliphatic carbocycles. The first-order valence-corrected chi connectivity index (χ1v) is 5.39. The van der Waals surface area contributed by atoms with E-state index < -0.39 is 7.94 Å². The molecule has 0 atom stereocenters. The minimum Gasteiger partial charge on any atom is -0.193 e. The molecule has 4 heteroatoms. The Morgan fingerprint density at radius 2 is 1.40 bits per heavy atom. The lowest BCUT2D eigenvalue weighted by Gasteiger charge is -2.20. The van der Waals surface area contributed by atoms with E-state index in [-0.39, 0.29) is 5.66 Å². The molecule has 0 unspecified atom stereocenters. The van der Waals surface area contributed by atoms with Crippen molar-refractivity contribution in [3.8, 4) is 0 Å². The van der Waals surface area contributed by atoms with Gasteiger partial charge in [-0.2, -0.15) is 14.7 Å². The first kappa shape index (κ1) is 8.41. The van der Waals surface area contributed by atoms with Gasteiger partial charge in [0.05, 0.1) is 0 Å². The van der Waals surface area contributed by atoms with Gasteiger partial charge in [0.25, 0.3) is 0 Å². The van der Waals surface area contributed by atoms with Gasteiger partial charge in [-0.15, -0.1) is 0 Å². The fraction of sp³-hybridized carbons (Fsp3) is 1.00. The van der Waals surface area contributed by atoms with Crippen LogP contribution in [0.2, 0.25) is 0 Å². The molecule has 0 aromatic carbocycles. The van der Waals surface area contributed by atoms with Crippen LogP contribution in [0.15, 0.2) is 0 Å². The van der Waals surface area contributed by atoms with Gasteiger partial charge in [0.2, 0.25) is 0 Å². The van der Waals surface area contributed by atoms with E-state index >= 15 is 0 Å². The Morgan fingerprint density at radius 1 is 0.900 bits per heavy atom. The third-order valence-corrected chi connectivity index (χ3v) is 3.56.